The summed E-state index contributed by atoms with van der Waals surface area (Å²) >= 11 is 0. The van der Waals surface area contributed by atoms with Crippen LogP contribution in [0.5, 0.6) is 0 Å². The van der Waals surface area contributed by atoms with Gasteiger partial charge < -0.3 is 15.4 Å². The molecule has 0 bridgehead atoms. The van der Waals surface area contributed by atoms with Crippen molar-refractivity contribution >= 4 is 11.8 Å². The molecule has 1 aliphatic carbocycles. The van der Waals surface area contributed by atoms with Crippen LogP contribution in [0.2, 0.25) is 0 Å². The van der Waals surface area contributed by atoms with Crippen molar-refractivity contribution in [1.29, 1.82) is 0 Å². The second-order valence-electron chi connectivity index (χ2n) is 3.50. The highest BCUT2D eigenvalue weighted by molar-refractivity contribution is 5.38. The van der Waals surface area contributed by atoms with Crippen molar-refractivity contribution in [3.05, 3.63) is 6.20 Å². The van der Waals surface area contributed by atoms with E-state index in [1.807, 2.05) is 0 Å². The van der Waals surface area contributed by atoms with Gasteiger partial charge in [0.25, 0.3) is 0 Å². The highest BCUT2D eigenvalue weighted by Crippen LogP contribution is 2.23. The van der Waals surface area contributed by atoms with Gasteiger partial charge in [-0.25, -0.2) is 0 Å². The Labute approximate surface area is 88.5 Å². The van der Waals surface area contributed by atoms with E-state index in [9.17, 15) is 0 Å². The average molecular weight is 209 g/mol. The first-order chi connectivity index (χ1) is 7.38. The molecular weight excluding hydrogens is 194 g/mol. The SMILES string of the molecule is COCCNc1nncc(NC2CC2)n1. The summed E-state index contributed by atoms with van der Waals surface area (Å²) in [6, 6.07) is 0.577. The predicted molar refractivity (Wildman–Crippen MR) is 56.8 cm³/mol. The van der Waals surface area contributed by atoms with E-state index in [-0.39, 0.29) is 0 Å². The Bertz CT molecular complexity index is 315. The molecule has 15 heavy (non-hydrogen) atoms. The molecule has 0 atom stereocenters. The summed E-state index contributed by atoms with van der Waals surface area (Å²) in [7, 11) is 1.66. The van der Waals surface area contributed by atoms with Gasteiger partial charge in [-0.3, -0.25) is 0 Å². The minimum Gasteiger partial charge on any atom is -0.383 e. The van der Waals surface area contributed by atoms with Gasteiger partial charge in [0.05, 0.1) is 12.8 Å². The Kier molecular flexibility index (Phi) is 3.29. The molecule has 1 aromatic heterocycles. The van der Waals surface area contributed by atoms with Crippen LogP contribution < -0.4 is 10.6 Å². The van der Waals surface area contributed by atoms with E-state index in [0.717, 1.165) is 5.82 Å². The second kappa shape index (κ2) is 4.88. The highest BCUT2D eigenvalue weighted by atomic mass is 16.5. The Morgan fingerprint density at radius 2 is 2.40 bits per heavy atom. The normalized spacial score (nSPS) is 15.0. The van der Waals surface area contributed by atoms with E-state index in [1.165, 1.54) is 12.8 Å². The van der Waals surface area contributed by atoms with Crippen molar-refractivity contribution in [3.8, 4) is 0 Å². The number of methoxy groups -OCH3 is 1. The van der Waals surface area contributed by atoms with Crippen LogP contribution in [0, 0.1) is 0 Å². The number of anilines is 2. The Morgan fingerprint density at radius 1 is 1.53 bits per heavy atom. The quantitative estimate of drug-likeness (QED) is 0.665. The molecule has 1 fully saturated rings. The van der Waals surface area contributed by atoms with E-state index < -0.39 is 0 Å². The maximum atomic E-state index is 4.91. The third-order valence-corrected chi connectivity index (χ3v) is 2.08. The molecule has 0 unspecified atom stereocenters. The predicted octanol–water partition coefficient (Wildman–Crippen LogP) is 0.504. The number of aromatic nitrogens is 3. The lowest BCUT2D eigenvalue weighted by atomic mass is 10.6. The molecule has 0 saturated heterocycles. The lowest BCUT2D eigenvalue weighted by molar-refractivity contribution is 0.210. The molecule has 0 aromatic carbocycles. The summed E-state index contributed by atoms with van der Waals surface area (Å²) in [6.45, 7) is 1.31. The Morgan fingerprint density at radius 3 is 3.13 bits per heavy atom. The third kappa shape index (κ3) is 3.32. The van der Waals surface area contributed by atoms with Crippen molar-refractivity contribution in [3.63, 3.8) is 0 Å². The largest absolute Gasteiger partial charge is 0.383 e. The zero-order valence-corrected chi connectivity index (χ0v) is 8.73. The van der Waals surface area contributed by atoms with E-state index in [4.69, 9.17) is 4.74 Å². The first-order valence-electron chi connectivity index (χ1n) is 5.07. The van der Waals surface area contributed by atoms with Crippen LogP contribution in [-0.4, -0.2) is 41.5 Å². The molecule has 1 aliphatic rings. The zero-order valence-electron chi connectivity index (χ0n) is 8.73. The van der Waals surface area contributed by atoms with Crippen LogP contribution in [0.1, 0.15) is 12.8 Å². The number of hydrogen-bond donors (Lipinski definition) is 2. The fourth-order valence-electron chi connectivity index (χ4n) is 1.15. The van der Waals surface area contributed by atoms with Gasteiger partial charge in [-0.15, -0.1) is 5.10 Å². The van der Waals surface area contributed by atoms with Gasteiger partial charge >= 0.3 is 0 Å². The number of hydrogen-bond acceptors (Lipinski definition) is 6. The summed E-state index contributed by atoms with van der Waals surface area (Å²) in [4.78, 5) is 4.27. The number of ether oxygens (including phenoxy) is 1. The van der Waals surface area contributed by atoms with Crippen LogP contribution >= 0.6 is 0 Å². The first kappa shape index (κ1) is 10.1. The molecule has 0 amide bonds. The van der Waals surface area contributed by atoms with Crippen molar-refractivity contribution in [2.75, 3.05) is 30.9 Å². The average Bonchev–Trinajstić information content (AvgIpc) is 3.03. The minimum atomic E-state index is 0.540. The molecule has 6 nitrogen and oxygen atoms in total. The van der Waals surface area contributed by atoms with Crippen LogP contribution in [0.4, 0.5) is 11.8 Å². The van der Waals surface area contributed by atoms with E-state index in [0.29, 0.717) is 25.1 Å². The van der Waals surface area contributed by atoms with Gasteiger partial charge in [0.2, 0.25) is 5.95 Å². The van der Waals surface area contributed by atoms with Gasteiger partial charge in [0, 0.05) is 19.7 Å². The molecule has 0 spiro atoms. The molecule has 1 saturated carbocycles. The molecule has 0 aliphatic heterocycles. The van der Waals surface area contributed by atoms with Crippen molar-refractivity contribution in [2.24, 2.45) is 0 Å². The highest BCUT2D eigenvalue weighted by Gasteiger charge is 2.21. The first-order valence-corrected chi connectivity index (χ1v) is 5.07. The van der Waals surface area contributed by atoms with Crippen LogP contribution in [0.3, 0.4) is 0 Å². The second-order valence-corrected chi connectivity index (χ2v) is 3.50. The fraction of sp³-hybridized carbons (Fsp3) is 0.667. The van der Waals surface area contributed by atoms with E-state index >= 15 is 0 Å². The molecule has 0 radical (unpaired) electrons. The van der Waals surface area contributed by atoms with Crippen molar-refractivity contribution < 1.29 is 4.74 Å². The van der Waals surface area contributed by atoms with E-state index in [1.54, 1.807) is 13.3 Å². The molecule has 82 valence electrons. The number of nitrogens with zero attached hydrogens (tertiary/aromatic N) is 3. The van der Waals surface area contributed by atoms with Crippen LogP contribution in [-0.2, 0) is 4.74 Å². The topological polar surface area (TPSA) is 72.0 Å². The summed E-state index contributed by atoms with van der Waals surface area (Å²) in [5, 5.41) is 14.0. The lowest BCUT2D eigenvalue weighted by Gasteiger charge is -2.05. The number of rotatable bonds is 6. The maximum absolute atomic E-state index is 4.91. The monoisotopic (exact) mass is 209 g/mol. The Hall–Kier alpha value is -1.43. The smallest absolute Gasteiger partial charge is 0.244 e. The maximum Gasteiger partial charge on any atom is 0.244 e. The van der Waals surface area contributed by atoms with Crippen molar-refractivity contribution in [1.82, 2.24) is 15.2 Å². The minimum absolute atomic E-state index is 0.540. The van der Waals surface area contributed by atoms with Crippen LogP contribution in [0.15, 0.2) is 6.20 Å². The third-order valence-electron chi connectivity index (χ3n) is 2.08. The standard InChI is InChI=1S/C9H15N5O/c1-15-5-4-10-9-13-8(6-11-14-9)12-7-2-3-7/h6-7H,2-5H2,1H3,(H2,10,12,13,14). The van der Waals surface area contributed by atoms with Gasteiger partial charge in [0.1, 0.15) is 0 Å². The fourth-order valence-corrected chi connectivity index (χ4v) is 1.15. The molecule has 6 heteroatoms. The molecule has 2 rings (SSSR count). The summed E-state index contributed by atoms with van der Waals surface area (Å²) in [5.41, 5.74) is 0. The summed E-state index contributed by atoms with van der Waals surface area (Å²) in [6.07, 6.45) is 4.08. The van der Waals surface area contributed by atoms with Crippen molar-refractivity contribution in [2.45, 2.75) is 18.9 Å². The van der Waals surface area contributed by atoms with Crippen LogP contribution in [0.25, 0.3) is 0 Å². The van der Waals surface area contributed by atoms with Gasteiger partial charge in [-0.1, -0.05) is 0 Å². The summed E-state index contributed by atoms with van der Waals surface area (Å²) in [5.74, 6) is 1.32. The van der Waals surface area contributed by atoms with Gasteiger partial charge in [-0.05, 0) is 12.8 Å². The lowest BCUT2D eigenvalue weighted by Crippen LogP contribution is -2.12. The summed E-state index contributed by atoms with van der Waals surface area (Å²) < 4.78 is 4.91. The molecule has 1 heterocycles. The Balaban J connectivity index is 1.86. The zero-order chi connectivity index (χ0) is 10.5. The molecular formula is C9H15N5O. The number of nitrogens with one attached hydrogen (secondary N) is 2. The molecule has 1 aromatic rings. The van der Waals surface area contributed by atoms with Gasteiger partial charge in [-0.2, -0.15) is 10.1 Å². The molecule has 2 N–H and O–H groups in total. The van der Waals surface area contributed by atoms with E-state index in [2.05, 4.69) is 25.8 Å². The van der Waals surface area contributed by atoms with Gasteiger partial charge in [0.15, 0.2) is 5.82 Å².